The zero-order valence-electron chi connectivity index (χ0n) is 15.0. The summed E-state index contributed by atoms with van der Waals surface area (Å²) in [5, 5.41) is 4.93. The topological polar surface area (TPSA) is 78.5 Å². The Morgan fingerprint density at radius 2 is 1.79 bits per heavy atom. The highest BCUT2D eigenvalue weighted by Gasteiger charge is 2.21. The van der Waals surface area contributed by atoms with Gasteiger partial charge in [-0.2, -0.15) is 0 Å². The lowest BCUT2D eigenvalue weighted by Crippen LogP contribution is -2.36. The quantitative estimate of drug-likeness (QED) is 0.797. The zero-order valence-corrected chi connectivity index (χ0v) is 15.0. The minimum Gasteiger partial charge on any atom is -0.350 e. The summed E-state index contributed by atoms with van der Waals surface area (Å²) < 4.78 is 26.4. The number of rotatable bonds is 6. The third-order valence-electron chi connectivity index (χ3n) is 4.40. The van der Waals surface area contributed by atoms with Gasteiger partial charge in [-0.15, -0.1) is 0 Å². The number of carbonyl (C=O) groups excluding carboxylic acids is 3. The molecule has 0 unspecified atom stereocenters. The van der Waals surface area contributed by atoms with Crippen molar-refractivity contribution in [3.8, 4) is 0 Å². The van der Waals surface area contributed by atoms with Crippen LogP contribution in [0.5, 0.6) is 0 Å². The highest BCUT2D eigenvalue weighted by Crippen LogP contribution is 2.21. The van der Waals surface area contributed by atoms with Crippen molar-refractivity contribution >= 4 is 23.4 Å². The number of nitrogens with zero attached hydrogens (tertiary/aromatic N) is 1. The molecule has 0 saturated carbocycles. The van der Waals surface area contributed by atoms with E-state index in [-0.39, 0.29) is 24.6 Å². The first kappa shape index (κ1) is 19.5. The van der Waals surface area contributed by atoms with E-state index in [0.717, 1.165) is 29.8 Å². The molecule has 1 saturated heterocycles. The molecule has 2 aromatic rings. The minimum absolute atomic E-state index is 0.106. The maximum atomic E-state index is 13.5. The molecule has 1 heterocycles. The number of carbonyl (C=O) groups is 3. The van der Waals surface area contributed by atoms with Gasteiger partial charge in [0.25, 0.3) is 5.91 Å². The minimum atomic E-state index is -0.991. The standard InChI is InChI=1S/C20H19F2N3O3/c21-14-5-8-16(17(22)10-14)20(28)24-12-18(26)23-11-13-3-6-15(7-4-13)25-9-1-2-19(25)27/h3-8,10H,1-2,9,11-12H2,(H,23,26)(H,24,28). The molecular weight excluding hydrogens is 368 g/mol. The van der Waals surface area contributed by atoms with Crippen molar-refractivity contribution in [3.63, 3.8) is 0 Å². The molecule has 1 fully saturated rings. The van der Waals surface area contributed by atoms with Crippen LogP contribution in [0.1, 0.15) is 28.8 Å². The van der Waals surface area contributed by atoms with E-state index < -0.39 is 23.4 Å². The molecule has 8 heteroatoms. The molecular formula is C20H19F2N3O3. The molecule has 0 radical (unpaired) electrons. The fourth-order valence-corrected chi connectivity index (χ4v) is 2.91. The summed E-state index contributed by atoms with van der Waals surface area (Å²) in [4.78, 5) is 37.2. The van der Waals surface area contributed by atoms with Crippen LogP contribution in [0.3, 0.4) is 0 Å². The Morgan fingerprint density at radius 3 is 2.43 bits per heavy atom. The van der Waals surface area contributed by atoms with E-state index in [1.54, 1.807) is 4.90 Å². The van der Waals surface area contributed by atoms with Gasteiger partial charge in [-0.1, -0.05) is 12.1 Å². The summed E-state index contributed by atoms with van der Waals surface area (Å²) >= 11 is 0. The molecule has 1 aliphatic heterocycles. The molecule has 146 valence electrons. The van der Waals surface area contributed by atoms with E-state index in [0.29, 0.717) is 19.0 Å². The van der Waals surface area contributed by atoms with Crippen molar-refractivity contribution in [3.05, 3.63) is 65.2 Å². The highest BCUT2D eigenvalue weighted by molar-refractivity contribution is 5.96. The molecule has 1 aliphatic rings. The van der Waals surface area contributed by atoms with E-state index in [9.17, 15) is 23.2 Å². The van der Waals surface area contributed by atoms with Gasteiger partial charge in [-0.3, -0.25) is 14.4 Å². The van der Waals surface area contributed by atoms with E-state index in [1.807, 2.05) is 24.3 Å². The normalized spacial score (nSPS) is 13.5. The van der Waals surface area contributed by atoms with Crippen molar-refractivity contribution < 1.29 is 23.2 Å². The lowest BCUT2D eigenvalue weighted by molar-refractivity contribution is -0.120. The largest absolute Gasteiger partial charge is 0.350 e. The van der Waals surface area contributed by atoms with Gasteiger partial charge < -0.3 is 15.5 Å². The Bertz CT molecular complexity index is 900. The summed E-state index contributed by atoms with van der Waals surface area (Å²) in [5.74, 6) is -2.92. The van der Waals surface area contributed by atoms with E-state index in [2.05, 4.69) is 10.6 Å². The molecule has 0 spiro atoms. The fourth-order valence-electron chi connectivity index (χ4n) is 2.91. The predicted molar refractivity (Wildman–Crippen MR) is 98.6 cm³/mol. The van der Waals surface area contributed by atoms with Gasteiger partial charge in [0.1, 0.15) is 11.6 Å². The Kier molecular flexibility index (Phi) is 5.98. The second-order valence-corrected chi connectivity index (χ2v) is 6.40. The van der Waals surface area contributed by atoms with Crippen LogP contribution < -0.4 is 15.5 Å². The Labute approximate surface area is 160 Å². The monoisotopic (exact) mass is 387 g/mol. The van der Waals surface area contributed by atoms with Gasteiger partial charge >= 0.3 is 0 Å². The van der Waals surface area contributed by atoms with Gasteiger partial charge in [-0.25, -0.2) is 8.78 Å². The van der Waals surface area contributed by atoms with Crippen molar-refractivity contribution in [2.45, 2.75) is 19.4 Å². The van der Waals surface area contributed by atoms with Crippen LogP contribution >= 0.6 is 0 Å². The summed E-state index contributed by atoms with van der Waals surface area (Å²) in [6.45, 7) is 0.618. The third kappa shape index (κ3) is 4.70. The second-order valence-electron chi connectivity index (χ2n) is 6.40. The number of amides is 3. The first-order valence-corrected chi connectivity index (χ1v) is 8.83. The van der Waals surface area contributed by atoms with Crippen molar-refractivity contribution in [1.29, 1.82) is 0 Å². The van der Waals surface area contributed by atoms with Crippen molar-refractivity contribution in [2.24, 2.45) is 0 Å². The van der Waals surface area contributed by atoms with Crippen LogP contribution in [0.4, 0.5) is 14.5 Å². The van der Waals surface area contributed by atoms with E-state index >= 15 is 0 Å². The molecule has 2 aromatic carbocycles. The predicted octanol–water partition coefficient (Wildman–Crippen LogP) is 2.14. The molecule has 0 atom stereocenters. The van der Waals surface area contributed by atoms with Gasteiger partial charge in [0.05, 0.1) is 12.1 Å². The summed E-state index contributed by atoms with van der Waals surface area (Å²) in [6.07, 6.45) is 1.41. The molecule has 0 bridgehead atoms. The molecule has 28 heavy (non-hydrogen) atoms. The van der Waals surface area contributed by atoms with Gasteiger partial charge in [-0.05, 0) is 36.2 Å². The van der Waals surface area contributed by atoms with Crippen LogP contribution in [0.25, 0.3) is 0 Å². The molecule has 2 N–H and O–H groups in total. The summed E-state index contributed by atoms with van der Waals surface area (Å²) in [7, 11) is 0. The third-order valence-corrected chi connectivity index (χ3v) is 4.40. The molecule has 0 aliphatic carbocycles. The Balaban J connectivity index is 1.46. The van der Waals surface area contributed by atoms with Crippen molar-refractivity contribution in [1.82, 2.24) is 10.6 Å². The zero-order chi connectivity index (χ0) is 20.1. The fraction of sp³-hybridized carbons (Fsp3) is 0.250. The van der Waals surface area contributed by atoms with Gasteiger partial charge in [0, 0.05) is 31.3 Å². The average Bonchev–Trinajstić information content (AvgIpc) is 3.11. The van der Waals surface area contributed by atoms with Crippen LogP contribution in [-0.4, -0.2) is 30.8 Å². The van der Waals surface area contributed by atoms with Crippen LogP contribution in [0, 0.1) is 11.6 Å². The molecule has 3 amide bonds. The number of anilines is 1. The smallest absolute Gasteiger partial charge is 0.254 e. The first-order valence-electron chi connectivity index (χ1n) is 8.83. The Hall–Kier alpha value is -3.29. The number of nitrogens with one attached hydrogen (secondary N) is 2. The average molecular weight is 387 g/mol. The lowest BCUT2D eigenvalue weighted by atomic mass is 10.2. The number of hydrogen-bond donors (Lipinski definition) is 2. The van der Waals surface area contributed by atoms with Gasteiger partial charge in [0.15, 0.2) is 0 Å². The van der Waals surface area contributed by atoms with Gasteiger partial charge in [0.2, 0.25) is 11.8 Å². The van der Waals surface area contributed by atoms with Crippen molar-refractivity contribution in [2.75, 3.05) is 18.0 Å². The molecule has 3 rings (SSSR count). The number of hydrogen-bond acceptors (Lipinski definition) is 3. The van der Waals surface area contributed by atoms with E-state index in [4.69, 9.17) is 0 Å². The molecule has 6 nitrogen and oxygen atoms in total. The lowest BCUT2D eigenvalue weighted by Gasteiger charge is -2.16. The maximum Gasteiger partial charge on any atom is 0.254 e. The van der Waals surface area contributed by atoms with Crippen LogP contribution in [-0.2, 0) is 16.1 Å². The molecule has 0 aromatic heterocycles. The van der Waals surface area contributed by atoms with E-state index in [1.165, 1.54) is 0 Å². The van der Waals surface area contributed by atoms with Crippen LogP contribution in [0.2, 0.25) is 0 Å². The summed E-state index contributed by atoms with van der Waals surface area (Å²) in [6, 6.07) is 9.87. The Morgan fingerprint density at radius 1 is 1.04 bits per heavy atom. The number of halogens is 2. The highest BCUT2D eigenvalue weighted by atomic mass is 19.1. The van der Waals surface area contributed by atoms with Crippen LogP contribution in [0.15, 0.2) is 42.5 Å². The number of benzene rings is 2. The second kappa shape index (κ2) is 8.60. The maximum absolute atomic E-state index is 13.5. The summed E-state index contributed by atoms with van der Waals surface area (Å²) in [5.41, 5.74) is 1.33. The SMILES string of the molecule is O=C(CNC(=O)c1ccc(F)cc1F)NCc1ccc(N2CCCC2=O)cc1. The first-order chi connectivity index (χ1) is 13.4.